The van der Waals surface area contributed by atoms with Crippen LogP contribution in [0.1, 0.15) is 30.9 Å². The molecule has 0 aliphatic heterocycles. The zero-order chi connectivity index (χ0) is 14.6. The molecule has 1 atom stereocenters. The maximum absolute atomic E-state index is 12.3. The summed E-state index contributed by atoms with van der Waals surface area (Å²) < 4.78 is 0. The Morgan fingerprint density at radius 1 is 1.35 bits per heavy atom. The minimum Gasteiger partial charge on any atom is -0.395 e. The summed E-state index contributed by atoms with van der Waals surface area (Å²) in [6.45, 7) is 0.861. The van der Waals surface area contributed by atoms with Crippen molar-refractivity contribution >= 4 is 5.91 Å². The first-order valence-corrected chi connectivity index (χ1v) is 7.19. The second-order valence-corrected chi connectivity index (χ2v) is 5.97. The van der Waals surface area contributed by atoms with Crippen LogP contribution in [0.2, 0.25) is 0 Å². The minimum atomic E-state index is -0.509. The van der Waals surface area contributed by atoms with Crippen molar-refractivity contribution in [1.29, 1.82) is 0 Å². The van der Waals surface area contributed by atoms with Gasteiger partial charge in [0.1, 0.15) is 0 Å². The fourth-order valence-corrected chi connectivity index (χ4v) is 2.31. The van der Waals surface area contributed by atoms with Gasteiger partial charge in [-0.15, -0.1) is 0 Å². The van der Waals surface area contributed by atoms with Crippen molar-refractivity contribution in [3.05, 3.63) is 35.9 Å². The number of carbonyl (C=O) groups is 1. The minimum absolute atomic E-state index is 0.00684. The number of nitrogens with one attached hydrogen (secondary N) is 1. The van der Waals surface area contributed by atoms with Crippen LogP contribution in [0.3, 0.4) is 0 Å². The highest BCUT2D eigenvalue weighted by molar-refractivity contribution is 5.85. The molecule has 1 fully saturated rings. The van der Waals surface area contributed by atoms with E-state index in [1.54, 1.807) is 0 Å². The lowest BCUT2D eigenvalue weighted by Crippen LogP contribution is -2.37. The van der Waals surface area contributed by atoms with Crippen LogP contribution < -0.4 is 5.32 Å². The number of aliphatic hydroxyl groups is 1. The molecule has 0 spiro atoms. The summed E-state index contributed by atoms with van der Waals surface area (Å²) in [4.78, 5) is 14.4. The third-order valence-electron chi connectivity index (χ3n) is 4.01. The second kappa shape index (κ2) is 6.37. The fraction of sp³-hybridized carbons (Fsp3) is 0.562. The normalized spacial score (nSPS) is 17.8. The zero-order valence-electron chi connectivity index (χ0n) is 12.3. The molecule has 1 amide bonds. The number of aliphatic hydroxyl groups excluding tert-OH is 1. The monoisotopic (exact) mass is 276 g/mol. The van der Waals surface area contributed by atoms with E-state index in [1.165, 1.54) is 0 Å². The Morgan fingerprint density at radius 2 is 2.00 bits per heavy atom. The Labute approximate surface area is 120 Å². The van der Waals surface area contributed by atoms with Crippen LogP contribution in [0.4, 0.5) is 0 Å². The maximum atomic E-state index is 12.3. The van der Waals surface area contributed by atoms with Gasteiger partial charge in [0.05, 0.1) is 18.1 Å². The second-order valence-electron chi connectivity index (χ2n) is 5.97. The highest BCUT2D eigenvalue weighted by atomic mass is 16.3. The fourth-order valence-electron chi connectivity index (χ4n) is 2.31. The molecular weight excluding hydrogens is 252 g/mol. The average molecular weight is 276 g/mol. The molecule has 4 heteroatoms. The third kappa shape index (κ3) is 3.58. The van der Waals surface area contributed by atoms with Gasteiger partial charge < -0.3 is 15.3 Å². The highest BCUT2D eigenvalue weighted by Gasteiger charge is 2.49. The van der Waals surface area contributed by atoms with E-state index in [0.717, 1.165) is 31.4 Å². The number of nitrogens with zero attached hydrogens (tertiary/aromatic N) is 1. The van der Waals surface area contributed by atoms with Gasteiger partial charge in [-0.25, -0.2) is 0 Å². The molecule has 0 saturated heterocycles. The maximum Gasteiger partial charge on any atom is 0.229 e. The highest BCUT2D eigenvalue weighted by Crippen LogP contribution is 2.45. The van der Waals surface area contributed by atoms with Gasteiger partial charge in [-0.05, 0) is 45.5 Å². The van der Waals surface area contributed by atoms with Crippen LogP contribution in [-0.4, -0.2) is 43.2 Å². The van der Waals surface area contributed by atoms with E-state index in [2.05, 4.69) is 10.2 Å². The molecule has 1 aromatic carbocycles. The van der Waals surface area contributed by atoms with Crippen molar-refractivity contribution in [2.24, 2.45) is 5.41 Å². The topological polar surface area (TPSA) is 52.6 Å². The number of hydrogen-bond acceptors (Lipinski definition) is 3. The molecule has 4 nitrogen and oxygen atoms in total. The summed E-state index contributed by atoms with van der Waals surface area (Å²) >= 11 is 0. The molecule has 2 N–H and O–H groups in total. The van der Waals surface area contributed by atoms with Gasteiger partial charge in [-0.1, -0.05) is 30.3 Å². The SMILES string of the molecule is CN(C)CC[C@@H](NC(=O)C1(CO)CC1)c1ccccc1. The predicted octanol–water partition coefficient (Wildman–Crippen LogP) is 1.57. The van der Waals surface area contributed by atoms with Crippen molar-refractivity contribution < 1.29 is 9.90 Å². The zero-order valence-corrected chi connectivity index (χ0v) is 12.3. The number of rotatable bonds is 7. The van der Waals surface area contributed by atoms with Gasteiger partial charge >= 0.3 is 0 Å². The van der Waals surface area contributed by atoms with Crippen molar-refractivity contribution in [3.8, 4) is 0 Å². The van der Waals surface area contributed by atoms with Gasteiger partial charge in [-0.3, -0.25) is 4.79 Å². The predicted molar refractivity (Wildman–Crippen MR) is 79.2 cm³/mol. The van der Waals surface area contributed by atoms with Gasteiger partial charge in [0.15, 0.2) is 0 Å². The molecular formula is C16H24N2O2. The molecule has 110 valence electrons. The first kappa shape index (κ1) is 15.0. The first-order valence-electron chi connectivity index (χ1n) is 7.19. The molecule has 1 saturated carbocycles. The number of carbonyl (C=O) groups excluding carboxylic acids is 1. The third-order valence-corrected chi connectivity index (χ3v) is 4.01. The molecule has 1 aliphatic rings. The van der Waals surface area contributed by atoms with E-state index in [0.29, 0.717) is 0 Å². The largest absolute Gasteiger partial charge is 0.395 e. The van der Waals surface area contributed by atoms with Gasteiger partial charge in [-0.2, -0.15) is 0 Å². The van der Waals surface area contributed by atoms with Crippen LogP contribution in [0.25, 0.3) is 0 Å². The Bertz CT molecular complexity index is 441. The van der Waals surface area contributed by atoms with Crippen LogP contribution >= 0.6 is 0 Å². The van der Waals surface area contributed by atoms with E-state index >= 15 is 0 Å². The van der Waals surface area contributed by atoms with Crippen LogP contribution in [0.5, 0.6) is 0 Å². The van der Waals surface area contributed by atoms with Crippen molar-refractivity contribution in [2.75, 3.05) is 27.2 Å². The molecule has 2 rings (SSSR count). The molecule has 1 aromatic rings. The van der Waals surface area contributed by atoms with E-state index in [9.17, 15) is 9.90 Å². The lowest BCUT2D eigenvalue weighted by Gasteiger charge is -2.23. The summed E-state index contributed by atoms with van der Waals surface area (Å²) in [5.74, 6) is -0.00684. The van der Waals surface area contributed by atoms with E-state index in [-0.39, 0.29) is 18.6 Å². The van der Waals surface area contributed by atoms with E-state index in [1.807, 2.05) is 44.4 Å². The molecule has 1 aliphatic carbocycles. The Morgan fingerprint density at radius 3 is 2.50 bits per heavy atom. The molecule has 0 aromatic heterocycles. The van der Waals surface area contributed by atoms with Crippen LogP contribution in [0.15, 0.2) is 30.3 Å². The summed E-state index contributed by atoms with van der Waals surface area (Å²) in [6, 6.07) is 10.0. The van der Waals surface area contributed by atoms with Crippen molar-refractivity contribution in [3.63, 3.8) is 0 Å². The van der Waals surface area contributed by atoms with Gasteiger partial charge in [0.2, 0.25) is 5.91 Å². The molecule has 0 unspecified atom stereocenters. The van der Waals surface area contributed by atoms with E-state index in [4.69, 9.17) is 0 Å². The summed E-state index contributed by atoms with van der Waals surface area (Å²) in [5, 5.41) is 12.5. The van der Waals surface area contributed by atoms with Gasteiger partial charge in [0.25, 0.3) is 0 Å². The first-order chi connectivity index (χ1) is 9.57. The van der Waals surface area contributed by atoms with Crippen molar-refractivity contribution in [2.45, 2.75) is 25.3 Å². The summed E-state index contributed by atoms with van der Waals surface area (Å²) in [7, 11) is 4.06. The summed E-state index contributed by atoms with van der Waals surface area (Å²) in [6.07, 6.45) is 2.46. The molecule has 0 heterocycles. The number of benzene rings is 1. The lowest BCUT2D eigenvalue weighted by atomic mass is 10.0. The van der Waals surface area contributed by atoms with E-state index < -0.39 is 5.41 Å². The standard InChI is InChI=1S/C16H24N2O2/c1-18(2)11-8-14(13-6-4-3-5-7-13)17-15(20)16(12-19)9-10-16/h3-7,14,19H,8-12H2,1-2H3,(H,17,20)/t14-/m1/s1. The molecule has 0 bridgehead atoms. The quantitative estimate of drug-likeness (QED) is 0.795. The summed E-state index contributed by atoms with van der Waals surface area (Å²) in [5.41, 5.74) is 0.613. The molecule has 20 heavy (non-hydrogen) atoms. The van der Waals surface area contributed by atoms with Crippen LogP contribution in [-0.2, 0) is 4.79 Å². The Balaban J connectivity index is 2.05. The molecule has 0 radical (unpaired) electrons. The van der Waals surface area contributed by atoms with Crippen LogP contribution in [0, 0.1) is 5.41 Å². The van der Waals surface area contributed by atoms with Gasteiger partial charge in [0, 0.05) is 0 Å². The average Bonchev–Trinajstić information content (AvgIpc) is 3.25. The Hall–Kier alpha value is -1.39. The number of amides is 1. The Kier molecular flexibility index (Phi) is 4.78. The smallest absolute Gasteiger partial charge is 0.229 e. The van der Waals surface area contributed by atoms with Crippen molar-refractivity contribution in [1.82, 2.24) is 10.2 Å². The number of hydrogen-bond donors (Lipinski definition) is 2. The lowest BCUT2D eigenvalue weighted by molar-refractivity contribution is -0.128.